The molecule has 0 bridgehead atoms. The first-order chi connectivity index (χ1) is 11.4. The van der Waals surface area contributed by atoms with Gasteiger partial charge in [0.15, 0.2) is 0 Å². The number of carbonyl (C=O) groups excluding carboxylic acids is 2. The lowest BCUT2D eigenvalue weighted by Crippen LogP contribution is -2.32. The normalized spacial score (nSPS) is 22.8. The third kappa shape index (κ3) is 3.73. The predicted octanol–water partition coefficient (Wildman–Crippen LogP) is 2.62. The highest BCUT2D eigenvalue weighted by Gasteiger charge is 2.38. The quantitative estimate of drug-likeness (QED) is 0.878. The van der Waals surface area contributed by atoms with Crippen LogP contribution in [0.25, 0.3) is 0 Å². The molecule has 2 aliphatic heterocycles. The van der Waals surface area contributed by atoms with Crippen molar-refractivity contribution < 1.29 is 9.59 Å². The van der Waals surface area contributed by atoms with Gasteiger partial charge in [-0.1, -0.05) is 25.4 Å². The van der Waals surface area contributed by atoms with Crippen LogP contribution in [-0.2, 0) is 4.79 Å². The Morgan fingerprint density at radius 1 is 1.29 bits per heavy atom. The summed E-state index contributed by atoms with van der Waals surface area (Å²) in [7, 11) is 0. The summed E-state index contributed by atoms with van der Waals surface area (Å²) in [6, 6.07) is 5.10. The second-order valence-electron chi connectivity index (χ2n) is 7.23. The lowest BCUT2D eigenvalue weighted by atomic mass is 10.0. The van der Waals surface area contributed by atoms with E-state index in [9.17, 15) is 9.59 Å². The van der Waals surface area contributed by atoms with Crippen LogP contribution in [0.5, 0.6) is 0 Å². The summed E-state index contributed by atoms with van der Waals surface area (Å²) in [5, 5.41) is 6.65. The fraction of sp³-hybridized carbons (Fsp3) is 0.556. The summed E-state index contributed by atoms with van der Waals surface area (Å²) in [6.45, 7) is 7.50. The molecule has 0 aliphatic carbocycles. The number of nitrogens with one attached hydrogen (secondary N) is 2. The minimum absolute atomic E-state index is 0.0469. The molecule has 5 nitrogen and oxygen atoms in total. The molecule has 1 aromatic carbocycles. The summed E-state index contributed by atoms with van der Waals surface area (Å²) in [4.78, 5) is 26.6. The molecular weight excluding hydrogens is 326 g/mol. The van der Waals surface area contributed by atoms with Gasteiger partial charge in [0.2, 0.25) is 5.91 Å². The number of amides is 2. The molecule has 0 radical (unpaired) electrons. The largest absolute Gasteiger partial charge is 0.338 e. The van der Waals surface area contributed by atoms with Crippen molar-refractivity contribution in [3.05, 3.63) is 28.8 Å². The number of halogens is 1. The van der Waals surface area contributed by atoms with Crippen molar-refractivity contribution in [2.24, 2.45) is 17.8 Å². The maximum Gasteiger partial charge on any atom is 0.255 e. The number of carbonyl (C=O) groups is 2. The molecule has 0 aromatic heterocycles. The fourth-order valence-corrected chi connectivity index (χ4v) is 3.74. The molecule has 2 fully saturated rings. The van der Waals surface area contributed by atoms with Crippen LogP contribution < -0.4 is 10.6 Å². The van der Waals surface area contributed by atoms with Gasteiger partial charge in [0.1, 0.15) is 0 Å². The zero-order valence-corrected chi connectivity index (χ0v) is 14.9. The van der Waals surface area contributed by atoms with Gasteiger partial charge in [0.05, 0.1) is 10.6 Å². The predicted molar refractivity (Wildman–Crippen MR) is 95.3 cm³/mol. The van der Waals surface area contributed by atoms with E-state index in [2.05, 4.69) is 10.6 Å². The van der Waals surface area contributed by atoms with E-state index in [-0.39, 0.29) is 17.7 Å². The van der Waals surface area contributed by atoms with Crippen molar-refractivity contribution in [3.63, 3.8) is 0 Å². The summed E-state index contributed by atoms with van der Waals surface area (Å²) in [6.07, 6.45) is 0.453. The van der Waals surface area contributed by atoms with E-state index in [1.54, 1.807) is 18.2 Å². The van der Waals surface area contributed by atoms with E-state index in [1.165, 1.54) is 0 Å². The Kier molecular flexibility index (Phi) is 5.11. The highest BCUT2D eigenvalue weighted by molar-refractivity contribution is 6.34. The number of fused-ring (bicyclic) bond motifs is 1. The molecule has 6 heteroatoms. The first kappa shape index (κ1) is 17.2. The maximum atomic E-state index is 12.8. The summed E-state index contributed by atoms with van der Waals surface area (Å²) in [5.74, 6) is 1.28. The van der Waals surface area contributed by atoms with E-state index in [0.29, 0.717) is 34.5 Å². The second-order valence-corrected chi connectivity index (χ2v) is 7.64. The van der Waals surface area contributed by atoms with Crippen LogP contribution in [0.1, 0.15) is 30.6 Å². The molecule has 0 unspecified atom stereocenters. The van der Waals surface area contributed by atoms with Crippen molar-refractivity contribution in [2.75, 3.05) is 31.5 Å². The van der Waals surface area contributed by atoms with Crippen LogP contribution in [0.3, 0.4) is 0 Å². The standard InChI is InChI=1S/C18H24ClN3O2/c1-11(2)5-17(23)21-14-3-4-16(19)15(6-14)18(24)22-9-12-7-20-8-13(12)10-22/h3-4,6,11-13,20H,5,7-10H2,1-2H3,(H,21,23)/t12-,13+. The van der Waals surface area contributed by atoms with Crippen LogP contribution in [0, 0.1) is 17.8 Å². The van der Waals surface area contributed by atoms with Gasteiger partial charge in [0, 0.05) is 38.3 Å². The van der Waals surface area contributed by atoms with Gasteiger partial charge in [-0.3, -0.25) is 9.59 Å². The highest BCUT2D eigenvalue weighted by atomic mass is 35.5. The first-order valence-electron chi connectivity index (χ1n) is 8.53. The zero-order chi connectivity index (χ0) is 17.3. The average molecular weight is 350 g/mol. The van der Waals surface area contributed by atoms with E-state index < -0.39 is 0 Å². The molecule has 24 heavy (non-hydrogen) atoms. The molecule has 0 spiro atoms. The Labute approximate surface area is 147 Å². The summed E-state index contributed by atoms with van der Waals surface area (Å²) < 4.78 is 0. The molecule has 0 saturated carbocycles. The fourth-order valence-electron chi connectivity index (χ4n) is 3.54. The lowest BCUT2D eigenvalue weighted by Gasteiger charge is -2.19. The summed E-state index contributed by atoms with van der Waals surface area (Å²) >= 11 is 6.24. The number of rotatable bonds is 4. The van der Waals surface area contributed by atoms with E-state index in [1.807, 2.05) is 18.7 Å². The molecule has 2 N–H and O–H groups in total. The van der Waals surface area contributed by atoms with Crippen LogP contribution in [-0.4, -0.2) is 42.9 Å². The zero-order valence-electron chi connectivity index (χ0n) is 14.1. The molecule has 3 rings (SSSR count). The molecular formula is C18H24ClN3O2. The third-order valence-electron chi connectivity index (χ3n) is 4.75. The Morgan fingerprint density at radius 3 is 2.58 bits per heavy atom. The molecule has 2 saturated heterocycles. The Morgan fingerprint density at radius 2 is 1.96 bits per heavy atom. The number of likely N-dealkylation sites (tertiary alicyclic amines) is 1. The summed E-state index contributed by atoms with van der Waals surface area (Å²) in [5.41, 5.74) is 1.08. The van der Waals surface area contributed by atoms with Crippen LogP contribution in [0.2, 0.25) is 5.02 Å². The number of benzene rings is 1. The smallest absolute Gasteiger partial charge is 0.255 e. The topological polar surface area (TPSA) is 61.4 Å². The third-order valence-corrected chi connectivity index (χ3v) is 5.08. The van der Waals surface area contributed by atoms with E-state index >= 15 is 0 Å². The number of hydrogen-bond acceptors (Lipinski definition) is 3. The van der Waals surface area contributed by atoms with Crippen molar-refractivity contribution >= 4 is 29.1 Å². The molecule has 2 heterocycles. The van der Waals surface area contributed by atoms with Crippen molar-refractivity contribution in [3.8, 4) is 0 Å². The minimum atomic E-state index is -0.0486. The van der Waals surface area contributed by atoms with Gasteiger partial charge in [-0.25, -0.2) is 0 Å². The van der Waals surface area contributed by atoms with Crippen molar-refractivity contribution in [1.82, 2.24) is 10.2 Å². The van der Waals surface area contributed by atoms with Gasteiger partial charge in [-0.2, -0.15) is 0 Å². The molecule has 2 aliphatic rings. The maximum absolute atomic E-state index is 12.8. The van der Waals surface area contributed by atoms with Gasteiger partial charge in [-0.15, -0.1) is 0 Å². The average Bonchev–Trinajstić information content (AvgIpc) is 3.09. The molecule has 2 amide bonds. The monoisotopic (exact) mass is 349 g/mol. The number of anilines is 1. The van der Waals surface area contributed by atoms with E-state index in [0.717, 1.165) is 26.2 Å². The Hall–Kier alpha value is -1.59. The van der Waals surface area contributed by atoms with Crippen LogP contribution >= 0.6 is 11.6 Å². The van der Waals surface area contributed by atoms with Gasteiger partial charge >= 0.3 is 0 Å². The van der Waals surface area contributed by atoms with Crippen molar-refractivity contribution in [1.29, 1.82) is 0 Å². The molecule has 2 atom stereocenters. The Balaban J connectivity index is 1.71. The SMILES string of the molecule is CC(C)CC(=O)Nc1ccc(Cl)c(C(=O)N2C[C@H]3CNC[C@H]3C2)c1. The van der Waals surface area contributed by atoms with Gasteiger partial charge in [-0.05, 0) is 36.0 Å². The lowest BCUT2D eigenvalue weighted by molar-refractivity contribution is -0.116. The minimum Gasteiger partial charge on any atom is -0.338 e. The van der Waals surface area contributed by atoms with Crippen LogP contribution in [0.15, 0.2) is 18.2 Å². The number of nitrogens with zero attached hydrogens (tertiary/aromatic N) is 1. The first-order valence-corrected chi connectivity index (χ1v) is 8.91. The molecule has 130 valence electrons. The van der Waals surface area contributed by atoms with Gasteiger partial charge in [0.25, 0.3) is 5.91 Å². The van der Waals surface area contributed by atoms with Crippen molar-refractivity contribution in [2.45, 2.75) is 20.3 Å². The number of hydrogen-bond donors (Lipinski definition) is 2. The van der Waals surface area contributed by atoms with Crippen LogP contribution in [0.4, 0.5) is 5.69 Å². The Bertz CT molecular complexity index is 635. The highest BCUT2D eigenvalue weighted by Crippen LogP contribution is 2.29. The van der Waals surface area contributed by atoms with Gasteiger partial charge < -0.3 is 15.5 Å². The van der Waals surface area contributed by atoms with E-state index in [4.69, 9.17) is 11.6 Å². The molecule has 1 aromatic rings. The second kappa shape index (κ2) is 7.11.